The lowest BCUT2D eigenvalue weighted by atomic mass is 10.3. The van der Waals surface area contributed by atoms with E-state index in [0.717, 1.165) is 0 Å². The van der Waals surface area contributed by atoms with Crippen molar-refractivity contribution in [3.05, 3.63) is 54.4 Å². The number of carbonyl (C=O) groups excluding carboxylic acids is 1. The Morgan fingerprint density at radius 3 is 2.06 bits per heavy atom. The predicted molar refractivity (Wildman–Crippen MR) is 61.7 cm³/mol. The van der Waals surface area contributed by atoms with Crippen LogP contribution in [0.5, 0.6) is 0 Å². The highest BCUT2D eigenvalue weighted by Gasteiger charge is 1.97. The number of rotatable bonds is 2. The van der Waals surface area contributed by atoms with Crippen molar-refractivity contribution >= 4 is 11.9 Å². The quantitative estimate of drug-likeness (QED) is 0.789. The summed E-state index contributed by atoms with van der Waals surface area (Å²) in [6.07, 6.45) is 7.11. The zero-order valence-electron chi connectivity index (χ0n) is 9.22. The van der Waals surface area contributed by atoms with Crippen molar-refractivity contribution in [3.8, 4) is 0 Å². The first kappa shape index (κ1) is 13.2. The number of carboxylic acids is 1. The Hall–Kier alpha value is -2.83. The number of hydrogen-bond donors (Lipinski definition) is 2. The zero-order chi connectivity index (χ0) is 13.4. The minimum absolute atomic E-state index is 0.192. The molecule has 2 heterocycles. The maximum absolute atomic E-state index is 10.3. The van der Waals surface area contributed by atoms with E-state index >= 15 is 0 Å². The number of primary amides is 1. The Balaban J connectivity index is 0.000000180. The summed E-state index contributed by atoms with van der Waals surface area (Å²) in [6, 6.07) is 2.89. The number of carboxylic acid groups (broad SMARTS) is 1. The second-order valence-electron chi connectivity index (χ2n) is 3.00. The molecule has 0 saturated heterocycles. The van der Waals surface area contributed by atoms with Crippen LogP contribution < -0.4 is 5.73 Å². The van der Waals surface area contributed by atoms with Crippen molar-refractivity contribution in [1.29, 1.82) is 0 Å². The lowest BCUT2D eigenvalue weighted by Crippen LogP contribution is -2.12. The van der Waals surface area contributed by atoms with E-state index in [-0.39, 0.29) is 11.3 Å². The highest BCUT2D eigenvalue weighted by molar-refractivity contribution is 5.90. The van der Waals surface area contributed by atoms with Gasteiger partial charge in [0.15, 0.2) is 0 Å². The molecule has 7 nitrogen and oxygen atoms in total. The molecule has 1 amide bonds. The maximum Gasteiger partial charge on any atom is 0.335 e. The molecule has 0 unspecified atom stereocenters. The molecular weight excluding hydrogens is 236 g/mol. The summed E-state index contributed by atoms with van der Waals surface area (Å²) < 4.78 is 0. The van der Waals surface area contributed by atoms with E-state index in [9.17, 15) is 9.59 Å². The van der Waals surface area contributed by atoms with Crippen LogP contribution in [0.1, 0.15) is 20.8 Å². The molecule has 0 fully saturated rings. The number of pyridine rings is 1. The lowest BCUT2D eigenvalue weighted by Gasteiger charge is -1.87. The zero-order valence-corrected chi connectivity index (χ0v) is 9.22. The third-order valence-corrected chi connectivity index (χ3v) is 1.74. The van der Waals surface area contributed by atoms with Crippen LogP contribution in [-0.4, -0.2) is 31.9 Å². The van der Waals surface area contributed by atoms with Gasteiger partial charge >= 0.3 is 5.97 Å². The molecule has 0 saturated carbocycles. The second kappa shape index (κ2) is 6.69. The van der Waals surface area contributed by atoms with Gasteiger partial charge in [0.05, 0.1) is 11.8 Å². The third-order valence-electron chi connectivity index (χ3n) is 1.74. The molecule has 0 aliphatic heterocycles. The summed E-state index contributed by atoms with van der Waals surface area (Å²) >= 11 is 0. The number of hydrogen-bond acceptors (Lipinski definition) is 5. The van der Waals surface area contributed by atoms with Gasteiger partial charge in [0, 0.05) is 24.8 Å². The van der Waals surface area contributed by atoms with Gasteiger partial charge in [-0.2, -0.15) is 0 Å². The monoisotopic (exact) mass is 246 g/mol. The summed E-state index contributed by atoms with van der Waals surface area (Å²) in [5.41, 5.74) is 5.33. The average Bonchev–Trinajstić information content (AvgIpc) is 2.41. The van der Waals surface area contributed by atoms with Crippen LogP contribution in [0.3, 0.4) is 0 Å². The molecule has 0 spiro atoms. The SMILES string of the molecule is NC(=O)c1cnccn1.O=C(O)c1ccncc1. The van der Waals surface area contributed by atoms with Crippen LogP contribution in [0, 0.1) is 0 Å². The van der Waals surface area contributed by atoms with Gasteiger partial charge in [-0.3, -0.25) is 14.8 Å². The Bertz CT molecular complexity index is 467. The molecule has 0 bridgehead atoms. The van der Waals surface area contributed by atoms with Crippen molar-refractivity contribution < 1.29 is 14.7 Å². The summed E-state index contributed by atoms with van der Waals surface area (Å²) in [4.78, 5) is 31.4. The molecule has 3 N–H and O–H groups in total. The minimum Gasteiger partial charge on any atom is -0.478 e. The molecule has 0 atom stereocenters. The molecule has 0 aromatic carbocycles. The van der Waals surface area contributed by atoms with Crippen molar-refractivity contribution in [2.45, 2.75) is 0 Å². The Labute approximate surface area is 102 Å². The summed E-state index contributed by atoms with van der Waals surface area (Å²) in [5, 5.41) is 8.36. The third kappa shape index (κ3) is 4.35. The molecule has 0 aliphatic rings. The fourth-order valence-electron chi connectivity index (χ4n) is 0.921. The fraction of sp³-hybridized carbons (Fsp3) is 0. The summed E-state index contributed by atoms with van der Waals surface area (Å²) in [6.45, 7) is 0. The average molecular weight is 246 g/mol. The smallest absolute Gasteiger partial charge is 0.335 e. The number of nitrogens with two attached hydrogens (primary N) is 1. The van der Waals surface area contributed by atoms with Crippen molar-refractivity contribution in [3.63, 3.8) is 0 Å². The van der Waals surface area contributed by atoms with Crippen LogP contribution >= 0.6 is 0 Å². The lowest BCUT2D eigenvalue weighted by molar-refractivity contribution is 0.0696. The predicted octanol–water partition coefficient (Wildman–Crippen LogP) is 0.355. The molecule has 2 rings (SSSR count). The number of aromatic carboxylic acids is 1. The van der Waals surface area contributed by atoms with Crippen LogP contribution in [-0.2, 0) is 0 Å². The first-order valence-corrected chi connectivity index (χ1v) is 4.80. The minimum atomic E-state index is -0.919. The Morgan fingerprint density at radius 2 is 1.72 bits per heavy atom. The van der Waals surface area contributed by atoms with Gasteiger partial charge in [-0.05, 0) is 12.1 Å². The summed E-state index contributed by atoms with van der Waals surface area (Å²) in [7, 11) is 0. The first-order valence-electron chi connectivity index (χ1n) is 4.80. The van der Waals surface area contributed by atoms with Crippen molar-refractivity contribution in [2.75, 3.05) is 0 Å². The van der Waals surface area contributed by atoms with Crippen LogP contribution in [0.15, 0.2) is 43.1 Å². The molecule has 7 heteroatoms. The normalized spacial score (nSPS) is 8.89. The molecule has 2 aromatic heterocycles. The van der Waals surface area contributed by atoms with Gasteiger partial charge < -0.3 is 10.8 Å². The van der Waals surface area contributed by atoms with E-state index < -0.39 is 11.9 Å². The van der Waals surface area contributed by atoms with E-state index in [1.54, 1.807) is 0 Å². The first-order chi connectivity index (χ1) is 8.61. The van der Waals surface area contributed by atoms with E-state index in [0.29, 0.717) is 0 Å². The summed E-state index contributed by atoms with van der Waals surface area (Å²) in [5.74, 6) is -1.47. The van der Waals surface area contributed by atoms with E-state index in [2.05, 4.69) is 15.0 Å². The number of aromatic nitrogens is 3. The molecule has 18 heavy (non-hydrogen) atoms. The van der Waals surface area contributed by atoms with E-state index in [1.165, 1.54) is 43.1 Å². The highest BCUT2D eigenvalue weighted by atomic mass is 16.4. The van der Waals surface area contributed by atoms with Crippen LogP contribution in [0.25, 0.3) is 0 Å². The largest absolute Gasteiger partial charge is 0.478 e. The highest BCUT2D eigenvalue weighted by Crippen LogP contribution is 1.93. The maximum atomic E-state index is 10.3. The fourth-order valence-corrected chi connectivity index (χ4v) is 0.921. The van der Waals surface area contributed by atoms with Gasteiger partial charge in [-0.15, -0.1) is 0 Å². The standard InChI is InChI=1S/C6H5NO2.C5H5N3O/c8-6(9)5-1-3-7-4-2-5;6-5(9)4-3-7-1-2-8-4/h1-4H,(H,8,9);1-3H,(H2,6,9). The molecular formula is C11H10N4O3. The van der Waals surface area contributed by atoms with E-state index in [1.807, 2.05) is 0 Å². The van der Waals surface area contributed by atoms with Gasteiger partial charge in [-0.1, -0.05) is 0 Å². The second-order valence-corrected chi connectivity index (χ2v) is 3.00. The van der Waals surface area contributed by atoms with Crippen LogP contribution in [0.2, 0.25) is 0 Å². The van der Waals surface area contributed by atoms with E-state index in [4.69, 9.17) is 10.8 Å². The molecule has 2 aromatic rings. The molecule has 0 radical (unpaired) electrons. The van der Waals surface area contributed by atoms with Crippen molar-refractivity contribution in [2.24, 2.45) is 5.73 Å². The number of carbonyl (C=O) groups is 2. The van der Waals surface area contributed by atoms with Crippen molar-refractivity contribution in [1.82, 2.24) is 15.0 Å². The molecule has 0 aliphatic carbocycles. The van der Waals surface area contributed by atoms with Gasteiger partial charge in [0.2, 0.25) is 0 Å². The van der Waals surface area contributed by atoms with Gasteiger partial charge in [-0.25, -0.2) is 9.78 Å². The topological polar surface area (TPSA) is 119 Å². The Kier molecular flexibility index (Phi) is 4.92. The van der Waals surface area contributed by atoms with Gasteiger partial charge in [0.1, 0.15) is 5.69 Å². The number of nitrogens with zero attached hydrogens (tertiary/aromatic N) is 3. The Morgan fingerprint density at radius 1 is 1.06 bits per heavy atom. The number of amides is 1. The molecule has 92 valence electrons. The van der Waals surface area contributed by atoms with Crippen LogP contribution in [0.4, 0.5) is 0 Å². The van der Waals surface area contributed by atoms with Gasteiger partial charge in [0.25, 0.3) is 5.91 Å².